The van der Waals surface area contributed by atoms with Crippen LogP contribution in [0.2, 0.25) is 0 Å². The second-order valence-electron chi connectivity index (χ2n) is 6.80. The van der Waals surface area contributed by atoms with Gasteiger partial charge in [-0.15, -0.1) is 13.2 Å². The van der Waals surface area contributed by atoms with E-state index in [1.165, 1.54) is 18.5 Å². The molecule has 2 aromatic heterocycles. The summed E-state index contributed by atoms with van der Waals surface area (Å²) < 4.78 is 42.4. The summed E-state index contributed by atoms with van der Waals surface area (Å²) in [6.45, 7) is 2.13. The topological polar surface area (TPSA) is 75.5 Å². The number of nitrogens with zero attached hydrogens (tertiary/aromatic N) is 5. The molecule has 1 saturated heterocycles. The van der Waals surface area contributed by atoms with E-state index in [0.717, 1.165) is 23.8 Å². The molecule has 1 N–H and O–H groups in total. The molecule has 3 heterocycles. The van der Waals surface area contributed by atoms with Crippen LogP contribution in [0, 0.1) is 0 Å². The Kier molecular flexibility index (Phi) is 5.65. The van der Waals surface area contributed by atoms with Crippen LogP contribution in [0.25, 0.3) is 5.82 Å². The van der Waals surface area contributed by atoms with Gasteiger partial charge in [0.25, 0.3) is 0 Å². The van der Waals surface area contributed by atoms with Crippen molar-refractivity contribution in [3.8, 4) is 11.6 Å². The number of alkyl halides is 3. The van der Waals surface area contributed by atoms with Gasteiger partial charge in [-0.1, -0.05) is 0 Å². The lowest BCUT2D eigenvalue weighted by Gasteiger charge is -2.35. The van der Waals surface area contributed by atoms with Gasteiger partial charge >= 0.3 is 12.4 Å². The molecule has 4 rings (SSSR count). The van der Waals surface area contributed by atoms with Crippen LogP contribution in [0.15, 0.2) is 61.2 Å². The fourth-order valence-electron chi connectivity index (χ4n) is 3.22. The summed E-state index contributed by atoms with van der Waals surface area (Å²) in [5, 5.41) is 2.69. The molecule has 0 radical (unpaired) electrons. The Morgan fingerprint density at radius 2 is 1.61 bits per heavy atom. The van der Waals surface area contributed by atoms with E-state index in [4.69, 9.17) is 0 Å². The highest BCUT2D eigenvalue weighted by Crippen LogP contribution is 2.24. The molecule has 1 aromatic carbocycles. The highest BCUT2D eigenvalue weighted by atomic mass is 19.4. The van der Waals surface area contributed by atoms with Gasteiger partial charge in [0, 0.05) is 50.3 Å². The predicted octanol–water partition coefficient (Wildman–Crippen LogP) is 3.52. The van der Waals surface area contributed by atoms with Crippen LogP contribution >= 0.6 is 0 Å². The van der Waals surface area contributed by atoms with E-state index in [1.54, 1.807) is 4.90 Å². The van der Waals surface area contributed by atoms with Crippen molar-refractivity contribution in [2.24, 2.45) is 0 Å². The van der Waals surface area contributed by atoms with Crippen LogP contribution in [0.1, 0.15) is 0 Å². The molecular formula is C20H19F3N6O2. The summed E-state index contributed by atoms with van der Waals surface area (Å²) in [4.78, 5) is 24.8. The van der Waals surface area contributed by atoms with Crippen LogP contribution in [0.5, 0.6) is 5.75 Å². The summed E-state index contributed by atoms with van der Waals surface area (Å²) in [5.74, 6) is 1.19. The minimum Gasteiger partial charge on any atom is -0.406 e. The van der Waals surface area contributed by atoms with Crippen LogP contribution in [-0.2, 0) is 0 Å². The lowest BCUT2D eigenvalue weighted by atomic mass is 10.3. The van der Waals surface area contributed by atoms with Crippen molar-refractivity contribution in [2.75, 3.05) is 36.4 Å². The SMILES string of the molecule is O=C(Nc1ccc(OC(F)(F)F)cc1)N1CCN(c2cc(-n3cccc3)ncn2)CC1. The van der Waals surface area contributed by atoms with Crippen LogP contribution < -0.4 is 15.0 Å². The molecule has 0 atom stereocenters. The summed E-state index contributed by atoms with van der Waals surface area (Å²) >= 11 is 0. The molecule has 11 heteroatoms. The van der Waals surface area contributed by atoms with Crippen LogP contribution in [-0.4, -0.2) is 58.0 Å². The Hall–Kier alpha value is -3.76. The van der Waals surface area contributed by atoms with Crippen LogP contribution in [0.3, 0.4) is 0 Å². The zero-order valence-electron chi connectivity index (χ0n) is 16.3. The lowest BCUT2D eigenvalue weighted by molar-refractivity contribution is -0.274. The number of amides is 2. The van der Waals surface area contributed by atoms with Gasteiger partial charge in [-0.3, -0.25) is 0 Å². The standard InChI is InChI=1S/C20H19F3N6O2/c21-20(22,23)31-16-5-3-15(4-6-16)26-19(30)29-11-9-28(10-12-29)18-13-17(24-14-25-18)27-7-1-2-8-27/h1-8,13-14H,9-12H2,(H,26,30). The van der Waals surface area contributed by atoms with Gasteiger partial charge in [0.2, 0.25) is 0 Å². The number of hydrogen-bond donors (Lipinski definition) is 1. The quantitative estimate of drug-likeness (QED) is 0.683. The van der Waals surface area contributed by atoms with E-state index >= 15 is 0 Å². The number of halogens is 3. The zero-order chi connectivity index (χ0) is 21.8. The first-order chi connectivity index (χ1) is 14.9. The fraction of sp³-hybridized carbons (Fsp3) is 0.250. The molecule has 1 aliphatic heterocycles. The van der Waals surface area contributed by atoms with Gasteiger partial charge in [0.15, 0.2) is 0 Å². The van der Waals surface area contributed by atoms with E-state index in [9.17, 15) is 18.0 Å². The van der Waals surface area contributed by atoms with Gasteiger partial charge in [-0.2, -0.15) is 0 Å². The number of rotatable bonds is 4. The van der Waals surface area contributed by atoms with Gasteiger partial charge in [0.1, 0.15) is 23.7 Å². The molecule has 2 amide bonds. The number of aromatic nitrogens is 3. The number of hydrogen-bond acceptors (Lipinski definition) is 5. The molecule has 0 saturated carbocycles. The highest BCUT2D eigenvalue weighted by Gasteiger charge is 2.31. The number of piperazine rings is 1. The van der Waals surface area contributed by atoms with E-state index in [1.807, 2.05) is 35.2 Å². The second kappa shape index (κ2) is 8.54. The molecule has 8 nitrogen and oxygen atoms in total. The largest absolute Gasteiger partial charge is 0.573 e. The number of benzene rings is 1. The zero-order valence-corrected chi connectivity index (χ0v) is 16.3. The number of urea groups is 1. The van der Waals surface area contributed by atoms with Crippen molar-refractivity contribution in [1.29, 1.82) is 0 Å². The number of nitrogens with one attached hydrogen (secondary N) is 1. The minimum absolute atomic E-state index is 0.320. The Morgan fingerprint density at radius 1 is 0.968 bits per heavy atom. The lowest BCUT2D eigenvalue weighted by Crippen LogP contribution is -2.50. The van der Waals surface area contributed by atoms with Crippen molar-refractivity contribution in [1.82, 2.24) is 19.4 Å². The van der Waals surface area contributed by atoms with Gasteiger partial charge < -0.3 is 24.4 Å². The van der Waals surface area contributed by atoms with Crippen molar-refractivity contribution < 1.29 is 22.7 Å². The maximum absolute atomic E-state index is 12.5. The molecule has 0 aliphatic carbocycles. The number of carbonyl (C=O) groups excluding carboxylic acids is 1. The normalized spacial score (nSPS) is 14.4. The molecule has 0 spiro atoms. The van der Waals surface area contributed by atoms with Crippen molar-refractivity contribution >= 4 is 17.5 Å². The third-order valence-corrected chi connectivity index (χ3v) is 4.74. The summed E-state index contributed by atoms with van der Waals surface area (Å²) in [7, 11) is 0. The Bertz CT molecular complexity index is 1020. The molecule has 1 aliphatic rings. The van der Waals surface area contributed by atoms with E-state index < -0.39 is 6.36 Å². The number of carbonyl (C=O) groups is 1. The Labute approximate surface area is 175 Å². The maximum Gasteiger partial charge on any atom is 0.573 e. The second-order valence-corrected chi connectivity index (χ2v) is 6.80. The van der Waals surface area contributed by atoms with Crippen molar-refractivity contribution in [3.63, 3.8) is 0 Å². The average Bonchev–Trinajstić information content (AvgIpc) is 3.29. The van der Waals surface area contributed by atoms with Crippen molar-refractivity contribution in [3.05, 3.63) is 61.2 Å². The smallest absolute Gasteiger partial charge is 0.406 e. The van der Waals surface area contributed by atoms with E-state index in [2.05, 4.69) is 24.9 Å². The molecule has 0 bridgehead atoms. The first-order valence-corrected chi connectivity index (χ1v) is 9.49. The summed E-state index contributed by atoms with van der Waals surface area (Å²) in [6.07, 6.45) is 0.555. The Balaban J connectivity index is 1.32. The highest BCUT2D eigenvalue weighted by molar-refractivity contribution is 5.89. The number of ether oxygens (including phenoxy) is 1. The van der Waals surface area contributed by atoms with Gasteiger partial charge in [0.05, 0.1) is 0 Å². The summed E-state index contributed by atoms with van der Waals surface area (Å²) in [5.41, 5.74) is 0.383. The third kappa shape index (κ3) is 5.24. The third-order valence-electron chi connectivity index (χ3n) is 4.74. The Morgan fingerprint density at radius 3 is 2.26 bits per heavy atom. The number of anilines is 2. The first kappa shape index (κ1) is 20.5. The fourth-order valence-corrected chi connectivity index (χ4v) is 3.22. The molecule has 0 unspecified atom stereocenters. The van der Waals surface area contributed by atoms with Crippen molar-refractivity contribution in [2.45, 2.75) is 6.36 Å². The van der Waals surface area contributed by atoms with E-state index in [0.29, 0.717) is 31.9 Å². The van der Waals surface area contributed by atoms with E-state index in [-0.39, 0.29) is 11.8 Å². The summed E-state index contributed by atoms with van der Waals surface area (Å²) in [6, 6.07) is 10.4. The van der Waals surface area contributed by atoms with Gasteiger partial charge in [-0.05, 0) is 36.4 Å². The molecule has 1 fully saturated rings. The maximum atomic E-state index is 12.5. The minimum atomic E-state index is -4.75. The molecule has 31 heavy (non-hydrogen) atoms. The molecular weight excluding hydrogens is 413 g/mol. The van der Waals surface area contributed by atoms with Gasteiger partial charge in [-0.25, -0.2) is 14.8 Å². The predicted molar refractivity (Wildman–Crippen MR) is 107 cm³/mol. The molecule has 3 aromatic rings. The monoisotopic (exact) mass is 432 g/mol. The average molecular weight is 432 g/mol. The molecule has 162 valence electrons. The first-order valence-electron chi connectivity index (χ1n) is 9.49. The van der Waals surface area contributed by atoms with Crippen LogP contribution in [0.4, 0.5) is 29.5 Å².